The standard InChI is InChI=1S/C13H27NO/c1-6-9-10-12(14-11-7-2)13(4,8-3)15-5/h6,12,14H,1,7-11H2,2-5H3. The van der Waals surface area contributed by atoms with Crippen LogP contribution in [0.4, 0.5) is 0 Å². The second kappa shape index (κ2) is 7.89. The molecule has 15 heavy (non-hydrogen) atoms. The zero-order valence-corrected chi connectivity index (χ0v) is 10.8. The largest absolute Gasteiger partial charge is 0.377 e. The van der Waals surface area contributed by atoms with Crippen LogP contribution in [0.15, 0.2) is 12.7 Å². The van der Waals surface area contributed by atoms with Crippen LogP contribution in [0.25, 0.3) is 0 Å². The number of hydrogen-bond donors (Lipinski definition) is 1. The molecule has 0 aromatic carbocycles. The van der Waals surface area contributed by atoms with Crippen LogP contribution in [0, 0.1) is 0 Å². The van der Waals surface area contributed by atoms with Crippen molar-refractivity contribution < 1.29 is 4.74 Å². The molecule has 1 N–H and O–H groups in total. The third-order valence-electron chi connectivity index (χ3n) is 3.21. The maximum atomic E-state index is 5.65. The SMILES string of the molecule is C=CCCC(NCCC)C(C)(CC)OC. The molecule has 0 aromatic heterocycles. The van der Waals surface area contributed by atoms with E-state index in [9.17, 15) is 0 Å². The van der Waals surface area contributed by atoms with Gasteiger partial charge in [0.25, 0.3) is 0 Å². The Kier molecular flexibility index (Phi) is 7.71. The van der Waals surface area contributed by atoms with Crippen molar-refractivity contribution in [1.82, 2.24) is 5.32 Å². The first-order valence-electron chi connectivity index (χ1n) is 6.04. The Balaban J connectivity index is 4.35. The van der Waals surface area contributed by atoms with Gasteiger partial charge in [-0.25, -0.2) is 0 Å². The Morgan fingerprint density at radius 2 is 2.13 bits per heavy atom. The number of methoxy groups -OCH3 is 1. The third-order valence-corrected chi connectivity index (χ3v) is 3.21. The molecule has 2 heteroatoms. The number of allylic oxidation sites excluding steroid dienone is 1. The molecule has 0 aromatic rings. The predicted molar refractivity (Wildman–Crippen MR) is 67.2 cm³/mol. The Hall–Kier alpha value is -0.340. The van der Waals surface area contributed by atoms with E-state index in [1.165, 1.54) is 0 Å². The van der Waals surface area contributed by atoms with E-state index in [1.807, 2.05) is 6.08 Å². The van der Waals surface area contributed by atoms with Gasteiger partial charge in [-0.2, -0.15) is 0 Å². The molecule has 0 bridgehead atoms. The number of ether oxygens (including phenoxy) is 1. The van der Waals surface area contributed by atoms with Crippen molar-refractivity contribution in [2.24, 2.45) is 0 Å². The van der Waals surface area contributed by atoms with Gasteiger partial charge in [0, 0.05) is 13.2 Å². The first-order chi connectivity index (χ1) is 7.14. The molecule has 0 fully saturated rings. The van der Waals surface area contributed by atoms with Crippen molar-refractivity contribution in [2.75, 3.05) is 13.7 Å². The minimum atomic E-state index is -0.0574. The molecule has 90 valence electrons. The van der Waals surface area contributed by atoms with Gasteiger partial charge >= 0.3 is 0 Å². The molecule has 2 unspecified atom stereocenters. The van der Waals surface area contributed by atoms with Gasteiger partial charge in [0.2, 0.25) is 0 Å². The van der Waals surface area contributed by atoms with Crippen molar-refractivity contribution in [3.8, 4) is 0 Å². The average Bonchev–Trinajstić information content (AvgIpc) is 2.28. The monoisotopic (exact) mass is 213 g/mol. The van der Waals surface area contributed by atoms with E-state index in [-0.39, 0.29) is 5.60 Å². The number of hydrogen-bond acceptors (Lipinski definition) is 2. The molecule has 0 heterocycles. The van der Waals surface area contributed by atoms with E-state index in [1.54, 1.807) is 7.11 Å². The molecule has 0 rings (SSSR count). The molecule has 2 nitrogen and oxygen atoms in total. The van der Waals surface area contributed by atoms with Gasteiger partial charge in [-0.05, 0) is 39.2 Å². The molecule has 0 aliphatic carbocycles. The molecule has 0 spiro atoms. The summed E-state index contributed by atoms with van der Waals surface area (Å²) in [6.07, 6.45) is 6.31. The van der Waals surface area contributed by atoms with Crippen LogP contribution >= 0.6 is 0 Å². The highest BCUT2D eigenvalue weighted by Gasteiger charge is 2.31. The van der Waals surface area contributed by atoms with Gasteiger partial charge in [-0.3, -0.25) is 0 Å². The molecule has 2 atom stereocenters. The minimum absolute atomic E-state index is 0.0574. The third kappa shape index (κ3) is 4.80. The fraction of sp³-hybridized carbons (Fsp3) is 0.846. The Morgan fingerprint density at radius 3 is 2.53 bits per heavy atom. The van der Waals surface area contributed by atoms with E-state index >= 15 is 0 Å². The van der Waals surface area contributed by atoms with Crippen molar-refractivity contribution in [3.63, 3.8) is 0 Å². The van der Waals surface area contributed by atoms with E-state index in [4.69, 9.17) is 4.74 Å². The molecule has 0 radical (unpaired) electrons. The highest BCUT2D eigenvalue weighted by atomic mass is 16.5. The smallest absolute Gasteiger partial charge is 0.0800 e. The molecule has 0 amide bonds. The second-order valence-electron chi connectivity index (χ2n) is 4.24. The van der Waals surface area contributed by atoms with E-state index < -0.39 is 0 Å². The maximum absolute atomic E-state index is 5.65. The highest BCUT2D eigenvalue weighted by Crippen LogP contribution is 2.22. The Labute approximate surface area is 95.1 Å². The summed E-state index contributed by atoms with van der Waals surface area (Å²) >= 11 is 0. The van der Waals surface area contributed by atoms with Crippen LogP contribution in [0.3, 0.4) is 0 Å². The van der Waals surface area contributed by atoms with Crippen LogP contribution < -0.4 is 5.32 Å². The van der Waals surface area contributed by atoms with Crippen molar-refractivity contribution in [1.29, 1.82) is 0 Å². The minimum Gasteiger partial charge on any atom is -0.377 e. The van der Waals surface area contributed by atoms with Crippen LogP contribution in [-0.4, -0.2) is 25.3 Å². The maximum Gasteiger partial charge on any atom is 0.0800 e. The fourth-order valence-electron chi connectivity index (χ4n) is 1.76. The number of nitrogens with one attached hydrogen (secondary N) is 1. The molecule has 0 aliphatic rings. The fourth-order valence-corrected chi connectivity index (χ4v) is 1.76. The second-order valence-corrected chi connectivity index (χ2v) is 4.24. The first kappa shape index (κ1) is 14.7. The van der Waals surface area contributed by atoms with Crippen LogP contribution in [0.1, 0.15) is 46.5 Å². The average molecular weight is 213 g/mol. The predicted octanol–water partition coefficient (Wildman–Crippen LogP) is 3.14. The van der Waals surface area contributed by atoms with Crippen molar-refractivity contribution in [2.45, 2.75) is 58.1 Å². The Morgan fingerprint density at radius 1 is 1.47 bits per heavy atom. The topological polar surface area (TPSA) is 21.3 Å². The summed E-state index contributed by atoms with van der Waals surface area (Å²) in [5.41, 5.74) is -0.0574. The Bertz CT molecular complexity index is 164. The molecule has 0 saturated heterocycles. The molecular formula is C13H27NO. The zero-order valence-electron chi connectivity index (χ0n) is 10.8. The van der Waals surface area contributed by atoms with Crippen LogP contribution in [0.5, 0.6) is 0 Å². The van der Waals surface area contributed by atoms with Gasteiger partial charge in [-0.15, -0.1) is 6.58 Å². The van der Waals surface area contributed by atoms with Gasteiger partial charge in [0.15, 0.2) is 0 Å². The summed E-state index contributed by atoms with van der Waals surface area (Å²) in [5.74, 6) is 0. The van der Waals surface area contributed by atoms with E-state index in [0.717, 1.165) is 32.2 Å². The zero-order chi connectivity index (χ0) is 11.7. The van der Waals surface area contributed by atoms with Gasteiger partial charge in [-0.1, -0.05) is 19.9 Å². The van der Waals surface area contributed by atoms with Crippen LogP contribution in [-0.2, 0) is 4.74 Å². The normalized spacial score (nSPS) is 17.1. The summed E-state index contributed by atoms with van der Waals surface area (Å²) in [6.45, 7) is 11.4. The summed E-state index contributed by atoms with van der Waals surface area (Å²) < 4.78 is 5.65. The molecule has 0 aliphatic heterocycles. The number of rotatable bonds is 9. The molecular weight excluding hydrogens is 186 g/mol. The molecule has 0 saturated carbocycles. The summed E-state index contributed by atoms with van der Waals surface area (Å²) in [7, 11) is 1.80. The lowest BCUT2D eigenvalue weighted by Gasteiger charge is -2.36. The lowest BCUT2D eigenvalue weighted by molar-refractivity contribution is -0.0307. The van der Waals surface area contributed by atoms with Gasteiger partial charge in [0.1, 0.15) is 0 Å². The highest BCUT2D eigenvalue weighted by molar-refractivity contribution is 4.89. The first-order valence-corrected chi connectivity index (χ1v) is 6.04. The van der Waals surface area contributed by atoms with E-state index in [0.29, 0.717) is 6.04 Å². The van der Waals surface area contributed by atoms with E-state index in [2.05, 4.69) is 32.7 Å². The van der Waals surface area contributed by atoms with Crippen LogP contribution in [0.2, 0.25) is 0 Å². The quantitative estimate of drug-likeness (QED) is 0.594. The van der Waals surface area contributed by atoms with Crippen molar-refractivity contribution in [3.05, 3.63) is 12.7 Å². The summed E-state index contributed by atoms with van der Waals surface area (Å²) in [4.78, 5) is 0. The summed E-state index contributed by atoms with van der Waals surface area (Å²) in [6, 6.07) is 0.422. The van der Waals surface area contributed by atoms with Gasteiger partial charge in [0.05, 0.1) is 5.60 Å². The summed E-state index contributed by atoms with van der Waals surface area (Å²) in [5, 5.41) is 3.57. The lowest BCUT2D eigenvalue weighted by Crippen LogP contribution is -2.50. The van der Waals surface area contributed by atoms with Gasteiger partial charge < -0.3 is 10.1 Å². The van der Waals surface area contributed by atoms with Crippen molar-refractivity contribution >= 4 is 0 Å². The lowest BCUT2D eigenvalue weighted by atomic mass is 9.89.